The number of carbonyl (C=O) groups is 3. The van der Waals surface area contributed by atoms with E-state index < -0.39 is 12.1 Å². The molecular formula is C73H122O6. The second-order valence-corrected chi connectivity index (χ2v) is 21.6. The van der Waals surface area contributed by atoms with Gasteiger partial charge in [-0.15, -0.1) is 0 Å². The Morgan fingerprint density at radius 1 is 0.266 bits per heavy atom. The van der Waals surface area contributed by atoms with Gasteiger partial charge in [0.1, 0.15) is 13.2 Å². The lowest BCUT2D eigenvalue weighted by molar-refractivity contribution is -0.166. The minimum Gasteiger partial charge on any atom is -0.462 e. The molecular weight excluding hydrogens is 973 g/mol. The van der Waals surface area contributed by atoms with Gasteiger partial charge >= 0.3 is 17.9 Å². The fourth-order valence-corrected chi connectivity index (χ4v) is 9.00. The van der Waals surface area contributed by atoms with E-state index in [4.69, 9.17) is 14.2 Å². The monoisotopic (exact) mass is 1090 g/mol. The Hall–Kier alpha value is -4.19. The molecule has 1 unspecified atom stereocenters. The standard InChI is InChI=1S/C73H122O6/c1-4-7-10-13-16-19-22-25-28-30-32-33-34-35-36-37-38-39-41-42-45-48-51-54-57-60-63-66-72(75)78-69-70(68-77-71(74)65-62-59-56-53-50-47-44-27-24-21-18-15-12-9-6-3)79-73(76)67-64-61-58-55-52-49-46-43-40-31-29-26-23-20-17-14-11-8-5-2/h8,11,17-18,20-22,25-27,29-30,32,40,43-44,49,52,58,61,70H,4-7,9-10,12-16,19,23-24,28,31,33-39,41-42,45-48,50-51,53-57,59-60,62-69H2,1-3H3/b11-8-,20-17-,21-18-,25-22-,29-26-,32-30-,43-40-,44-27-,52-49-,61-58-. The number of carbonyl (C=O) groups excluding carboxylic acids is 3. The van der Waals surface area contributed by atoms with Crippen LogP contribution in [0.4, 0.5) is 0 Å². The highest BCUT2D eigenvalue weighted by atomic mass is 16.6. The van der Waals surface area contributed by atoms with Crippen molar-refractivity contribution in [1.29, 1.82) is 0 Å². The maximum Gasteiger partial charge on any atom is 0.306 e. The first-order chi connectivity index (χ1) is 39.0. The van der Waals surface area contributed by atoms with Crippen molar-refractivity contribution in [3.63, 3.8) is 0 Å². The van der Waals surface area contributed by atoms with E-state index in [9.17, 15) is 14.4 Å². The second kappa shape index (κ2) is 66.3. The molecule has 0 saturated heterocycles. The van der Waals surface area contributed by atoms with Crippen LogP contribution in [0.2, 0.25) is 0 Å². The highest BCUT2D eigenvalue weighted by molar-refractivity contribution is 5.71. The topological polar surface area (TPSA) is 78.9 Å². The van der Waals surface area contributed by atoms with Gasteiger partial charge in [0.15, 0.2) is 6.10 Å². The van der Waals surface area contributed by atoms with Gasteiger partial charge in [-0.05, 0) is 122 Å². The van der Waals surface area contributed by atoms with Crippen molar-refractivity contribution in [2.24, 2.45) is 0 Å². The van der Waals surface area contributed by atoms with E-state index in [0.717, 1.165) is 109 Å². The molecule has 0 aromatic carbocycles. The van der Waals surface area contributed by atoms with E-state index in [1.165, 1.54) is 148 Å². The summed E-state index contributed by atoms with van der Waals surface area (Å²) in [4.78, 5) is 38.3. The first-order valence-electron chi connectivity index (χ1n) is 33.0. The first kappa shape index (κ1) is 74.8. The number of allylic oxidation sites excluding steroid dienone is 20. The normalized spacial score (nSPS) is 12.9. The van der Waals surface area contributed by atoms with Crippen LogP contribution < -0.4 is 0 Å². The van der Waals surface area contributed by atoms with Crippen LogP contribution in [0.15, 0.2) is 122 Å². The molecule has 0 aromatic rings. The maximum absolute atomic E-state index is 12.9. The molecule has 0 saturated carbocycles. The molecule has 0 spiro atoms. The zero-order valence-electron chi connectivity index (χ0n) is 51.6. The third-order valence-corrected chi connectivity index (χ3v) is 13.9. The summed E-state index contributed by atoms with van der Waals surface area (Å²) >= 11 is 0. The second-order valence-electron chi connectivity index (χ2n) is 21.6. The van der Waals surface area contributed by atoms with Crippen LogP contribution in [-0.4, -0.2) is 37.2 Å². The largest absolute Gasteiger partial charge is 0.462 e. The van der Waals surface area contributed by atoms with Gasteiger partial charge in [-0.2, -0.15) is 0 Å². The predicted molar refractivity (Wildman–Crippen MR) is 343 cm³/mol. The fraction of sp³-hybridized carbons (Fsp3) is 0.685. The predicted octanol–water partition coefficient (Wildman–Crippen LogP) is 22.8. The van der Waals surface area contributed by atoms with Crippen molar-refractivity contribution >= 4 is 17.9 Å². The van der Waals surface area contributed by atoms with Gasteiger partial charge in [0.05, 0.1) is 0 Å². The molecule has 79 heavy (non-hydrogen) atoms. The molecule has 0 fully saturated rings. The minimum atomic E-state index is -0.828. The highest BCUT2D eigenvalue weighted by Gasteiger charge is 2.19. The molecule has 0 rings (SSSR count). The number of hydrogen-bond acceptors (Lipinski definition) is 6. The molecule has 1 atom stereocenters. The smallest absolute Gasteiger partial charge is 0.306 e. The van der Waals surface area contributed by atoms with Crippen LogP contribution >= 0.6 is 0 Å². The average molecular weight is 1100 g/mol. The Labute approximate surface area is 488 Å². The van der Waals surface area contributed by atoms with Gasteiger partial charge in [0, 0.05) is 19.3 Å². The number of hydrogen-bond donors (Lipinski definition) is 0. The summed E-state index contributed by atoms with van der Waals surface area (Å²) < 4.78 is 16.9. The molecule has 0 aliphatic rings. The van der Waals surface area contributed by atoms with Gasteiger partial charge in [0.2, 0.25) is 0 Å². The molecule has 0 bridgehead atoms. The van der Waals surface area contributed by atoms with E-state index in [1.807, 2.05) is 6.08 Å². The Morgan fingerprint density at radius 2 is 0.519 bits per heavy atom. The summed E-state index contributed by atoms with van der Waals surface area (Å²) in [5, 5.41) is 0. The summed E-state index contributed by atoms with van der Waals surface area (Å²) in [5.41, 5.74) is 0. The molecule has 0 amide bonds. The van der Waals surface area contributed by atoms with Gasteiger partial charge in [-0.3, -0.25) is 14.4 Å². The minimum absolute atomic E-state index is 0.114. The first-order valence-corrected chi connectivity index (χ1v) is 33.0. The molecule has 0 radical (unpaired) electrons. The zero-order valence-corrected chi connectivity index (χ0v) is 51.6. The summed E-state index contributed by atoms with van der Waals surface area (Å²) in [6.07, 6.45) is 92.3. The lowest BCUT2D eigenvalue weighted by Gasteiger charge is -2.18. The van der Waals surface area contributed by atoms with Gasteiger partial charge in [0.25, 0.3) is 0 Å². The SMILES string of the molecule is CC/C=C\C/C=C\C/C=C\C/C=C\C/C=C\C/C=C\CCC(=O)OC(COC(=O)CCCCCCC/C=C\C/C=C\CCCCC)COC(=O)CCCCCCCCCCCCCCCCC/C=C\C/C=C\CCCCCCC. The van der Waals surface area contributed by atoms with E-state index in [1.54, 1.807) is 0 Å². The maximum atomic E-state index is 12.9. The zero-order chi connectivity index (χ0) is 57.1. The molecule has 6 heteroatoms. The summed E-state index contributed by atoms with van der Waals surface area (Å²) in [6, 6.07) is 0. The van der Waals surface area contributed by atoms with Crippen LogP contribution in [0.5, 0.6) is 0 Å². The van der Waals surface area contributed by atoms with Crippen LogP contribution in [0, 0.1) is 0 Å². The van der Waals surface area contributed by atoms with Crippen molar-refractivity contribution in [1.82, 2.24) is 0 Å². The van der Waals surface area contributed by atoms with Gasteiger partial charge < -0.3 is 14.2 Å². The summed E-state index contributed by atoms with van der Waals surface area (Å²) in [5.74, 6) is -1.01. The quantitative estimate of drug-likeness (QED) is 0.0261. The van der Waals surface area contributed by atoms with Gasteiger partial charge in [-0.25, -0.2) is 0 Å². The van der Waals surface area contributed by atoms with Crippen molar-refractivity contribution in [3.8, 4) is 0 Å². The van der Waals surface area contributed by atoms with Crippen LogP contribution in [0.1, 0.15) is 303 Å². The lowest BCUT2D eigenvalue weighted by Crippen LogP contribution is -2.30. The molecule has 0 heterocycles. The Balaban J connectivity index is 4.40. The van der Waals surface area contributed by atoms with Crippen LogP contribution in [0.25, 0.3) is 0 Å². The highest BCUT2D eigenvalue weighted by Crippen LogP contribution is 2.16. The molecule has 450 valence electrons. The number of unbranched alkanes of at least 4 members (excludes halogenated alkanes) is 28. The lowest BCUT2D eigenvalue weighted by atomic mass is 10.0. The van der Waals surface area contributed by atoms with Gasteiger partial charge in [-0.1, -0.05) is 284 Å². The van der Waals surface area contributed by atoms with Crippen LogP contribution in [0.3, 0.4) is 0 Å². The number of esters is 3. The Kier molecular flexibility index (Phi) is 62.8. The molecule has 0 aliphatic carbocycles. The molecule has 0 aliphatic heterocycles. The van der Waals surface area contributed by atoms with Crippen molar-refractivity contribution < 1.29 is 28.6 Å². The number of ether oxygens (including phenoxy) is 3. The van der Waals surface area contributed by atoms with Crippen LogP contribution in [-0.2, 0) is 28.6 Å². The molecule has 0 aromatic heterocycles. The summed E-state index contributed by atoms with van der Waals surface area (Å²) in [7, 11) is 0. The fourth-order valence-electron chi connectivity index (χ4n) is 9.00. The van der Waals surface area contributed by atoms with Crippen molar-refractivity contribution in [2.45, 2.75) is 309 Å². The van der Waals surface area contributed by atoms with E-state index in [0.29, 0.717) is 19.3 Å². The summed E-state index contributed by atoms with van der Waals surface area (Å²) in [6.45, 7) is 6.43. The Bertz CT molecular complexity index is 1640. The van der Waals surface area contributed by atoms with E-state index in [2.05, 4.69) is 136 Å². The number of rotatable bonds is 59. The average Bonchev–Trinajstić information content (AvgIpc) is 3.45. The third-order valence-electron chi connectivity index (χ3n) is 13.9. The van der Waals surface area contributed by atoms with Crippen molar-refractivity contribution in [3.05, 3.63) is 122 Å². The Morgan fingerprint density at radius 3 is 0.848 bits per heavy atom. The van der Waals surface area contributed by atoms with E-state index in [-0.39, 0.29) is 31.6 Å². The molecule has 6 nitrogen and oxygen atoms in total. The van der Waals surface area contributed by atoms with E-state index >= 15 is 0 Å². The third kappa shape index (κ3) is 64.5. The van der Waals surface area contributed by atoms with Crippen molar-refractivity contribution in [2.75, 3.05) is 13.2 Å². The molecule has 0 N–H and O–H groups in total.